The molecule has 0 unspecified atom stereocenters. The molecule has 0 bridgehead atoms. The number of allylic oxidation sites excluding steroid dienone is 1. The zero-order valence-corrected chi connectivity index (χ0v) is 25.0. The van der Waals surface area contributed by atoms with Crippen LogP contribution in [0, 0.1) is 35.5 Å². The van der Waals surface area contributed by atoms with Crippen molar-refractivity contribution < 1.29 is 17.9 Å². The van der Waals surface area contributed by atoms with Crippen LogP contribution in [-0.2, 0) is 4.74 Å². The van der Waals surface area contributed by atoms with Gasteiger partial charge in [-0.2, -0.15) is 13.2 Å². The molecule has 4 saturated carbocycles. The summed E-state index contributed by atoms with van der Waals surface area (Å²) in [6.45, 7) is 9.25. The van der Waals surface area contributed by atoms with Crippen LogP contribution in [0.2, 0.25) is 0 Å². The Hall–Kier alpha value is -0.710. The normalized spacial score (nSPS) is 31.9. The number of hydrogen-bond acceptors (Lipinski definition) is 2. The second-order valence-electron chi connectivity index (χ2n) is 13.9. The third-order valence-electron chi connectivity index (χ3n) is 11.2. The minimum absolute atomic E-state index is 0.331. The summed E-state index contributed by atoms with van der Waals surface area (Å²) in [7, 11) is 0. The fourth-order valence-corrected chi connectivity index (χ4v) is 8.98. The molecule has 4 rings (SSSR count). The molecule has 0 aromatic carbocycles. The van der Waals surface area contributed by atoms with Crippen molar-refractivity contribution in [1.82, 2.24) is 4.90 Å². The highest BCUT2D eigenvalue weighted by atomic mass is 19.4. The van der Waals surface area contributed by atoms with E-state index in [0.717, 1.165) is 43.3 Å². The molecule has 2 nitrogen and oxygen atoms in total. The number of hydrogen-bond donors (Lipinski definition) is 0. The second-order valence-corrected chi connectivity index (χ2v) is 13.9. The third kappa shape index (κ3) is 9.67. The summed E-state index contributed by atoms with van der Waals surface area (Å²) in [6, 6.07) is 0.543. The van der Waals surface area contributed by atoms with E-state index < -0.39 is 12.1 Å². The first kappa shape index (κ1) is 31.2. The standard InChI is InChI=1S/C34H58F3NO/c1-3-39-26(2)24-29-14-19-33(32(25-29)30-15-17-31(18-16-30)34(35,36)37)38(22-20-27-10-6-4-7-11-27)23-21-28-12-8-5-9-13-28/h27-33H,2-25H2,1H3/t29-,30-,31+,32-,33+/m0/s1. The monoisotopic (exact) mass is 553 g/mol. The molecule has 4 aliphatic rings. The molecular formula is C34H58F3NO. The average molecular weight is 554 g/mol. The molecule has 0 radical (unpaired) electrons. The van der Waals surface area contributed by atoms with Crippen LogP contribution in [0.5, 0.6) is 0 Å². The van der Waals surface area contributed by atoms with Gasteiger partial charge in [0.15, 0.2) is 0 Å². The maximum Gasteiger partial charge on any atom is 0.391 e. The summed E-state index contributed by atoms with van der Waals surface area (Å²) in [6.07, 6.45) is 19.2. The molecule has 0 N–H and O–H groups in total. The smallest absolute Gasteiger partial charge is 0.391 e. The Balaban J connectivity index is 1.46. The first-order chi connectivity index (χ1) is 18.8. The summed E-state index contributed by atoms with van der Waals surface area (Å²) in [5, 5.41) is 0. The van der Waals surface area contributed by atoms with Crippen molar-refractivity contribution in [2.45, 2.75) is 148 Å². The summed E-state index contributed by atoms with van der Waals surface area (Å²) in [4.78, 5) is 2.89. The highest BCUT2D eigenvalue weighted by Gasteiger charge is 2.45. The maximum atomic E-state index is 13.5. The number of alkyl halides is 3. The summed E-state index contributed by atoms with van der Waals surface area (Å²) >= 11 is 0. The summed E-state index contributed by atoms with van der Waals surface area (Å²) in [5.41, 5.74) is 0. The molecule has 39 heavy (non-hydrogen) atoms. The molecule has 226 valence electrons. The quantitative estimate of drug-likeness (QED) is 0.223. The highest BCUT2D eigenvalue weighted by molar-refractivity contribution is 4.96. The van der Waals surface area contributed by atoms with E-state index in [2.05, 4.69) is 11.5 Å². The lowest BCUT2D eigenvalue weighted by Gasteiger charge is -2.48. The lowest BCUT2D eigenvalue weighted by Crippen LogP contribution is -2.49. The van der Waals surface area contributed by atoms with Crippen molar-refractivity contribution in [1.29, 1.82) is 0 Å². The Morgan fingerprint density at radius 2 is 1.31 bits per heavy atom. The van der Waals surface area contributed by atoms with Crippen LogP contribution in [0.3, 0.4) is 0 Å². The van der Waals surface area contributed by atoms with E-state index in [1.807, 2.05) is 6.92 Å². The van der Waals surface area contributed by atoms with Gasteiger partial charge in [-0.25, -0.2) is 0 Å². The van der Waals surface area contributed by atoms with Gasteiger partial charge in [0.2, 0.25) is 0 Å². The van der Waals surface area contributed by atoms with E-state index in [1.165, 1.54) is 103 Å². The lowest BCUT2D eigenvalue weighted by atomic mass is 9.65. The highest BCUT2D eigenvalue weighted by Crippen LogP contribution is 2.48. The van der Waals surface area contributed by atoms with Crippen molar-refractivity contribution in [3.8, 4) is 0 Å². The Bertz CT molecular complexity index is 682. The molecule has 0 aromatic heterocycles. The van der Waals surface area contributed by atoms with Crippen LogP contribution in [0.15, 0.2) is 12.3 Å². The number of ether oxygens (including phenoxy) is 1. The zero-order valence-electron chi connectivity index (χ0n) is 25.0. The molecule has 0 saturated heterocycles. The minimum Gasteiger partial charge on any atom is -0.499 e. The maximum absolute atomic E-state index is 13.5. The molecule has 3 atom stereocenters. The van der Waals surface area contributed by atoms with Crippen LogP contribution >= 0.6 is 0 Å². The van der Waals surface area contributed by atoms with Gasteiger partial charge in [0.1, 0.15) is 0 Å². The number of nitrogens with zero attached hydrogens (tertiary/aromatic N) is 1. The Morgan fingerprint density at radius 3 is 1.82 bits per heavy atom. The molecule has 0 heterocycles. The van der Waals surface area contributed by atoms with E-state index in [0.29, 0.717) is 43.2 Å². The molecular weight excluding hydrogens is 495 g/mol. The van der Waals surface area contributed by atoms with E-state index >= 15 is 0 Å². The van der Waals surface area contributed by atoms with Gasteiger partial charge in [-0.1, -0.05) is 70.8 Å². The average Bonchev–Trinajstić information content (AvgIpc) is 2.94. The Morgan fingerprint density at radius 1 is 0.744 bits per heavy atom. The van der Waals surface area contributed by atoms with Gasteiger partial charge in [-0.05, 0) is 107 Å². The first-order valence-corrected chi connectivity index (χ1v) is 16.9. The van der Waals surface area contributed by atoms with Gasteiger partial charge >= 0.3 is 6.18 Å². The van der Waals surface area contributed by atoms with Crippen molar-refractivity contribution in [2.24, 2.45) is 35.5 Å². The molecule has 0 amide bonds. The van der Waals surface area contributed by atoms with Gasteiger partial charge in [-0.15, -0.1) is 0 Å². The Kier molecular flexibility index (Phi) is 12.4. The summed E-state index contributed by atoms with van der Waals surface area (Å²) < 4.78 is 46.3. The second kappa shape index (κ2) is 15.5. The van der Waals surface area contributed by atoms with Gasteiger partial charge < -0.3 is 9.64 Å². The van der Waals surface area contributed by atoms with Crippen LogP contribution in [-0.4, -0.2) is 36.8 Å². The van der Waals surface area contributed by atoms with E-state index in [4.69, 9.17) is 4.74 Å². The van der Waals surface area contributed by atoms with Crippen molar-refractivity contribution in [3.05, 3.63) is 12.3 Å². The predicted octanol–water partition coefficient (Wildman–Crippen LogP) is 10.3. The van der Waals surface area contributed by atoms with Gasteiger partial charge in [0.05, 0.1) is 18.3 Å². The molecule has 0 spiro atoms. The lowest BCUT2D eigenvalue weighted by molar-refractivity contribution is -0.185. The fourth-order valence-electron chi connectivity index (χ4n) is 8.98. The summed E-state index contributed by atoms with van der Waals surface area (Å²) in [5.74, 6) is 3.08. The van der Waals surface area contributed by atoms with Crippen LogP contribution < -0.4 is 0 Å². The SMILES string of the molecule is C=C(C[C@@H]1CC[C@@H](N(CCC2CCCCC2)CCC2CCCCC2)[C@H]([C@H]2CC[C@@H](C(F)(F)F)CC2)C1)OCC. The molecule has 0 aromatic rings. The fraction of sp³-hybridized carbons (Fsp3) is 0.941. The van der Waals surface area contributed by atoms with Crippen molar-refractivity contribution in [2.75, 3.05) is 19.7 Å². The minimum atomic E-state index is -4.03. The van der Waals surface area contributed by atoms with Crippen LogP contribution in [0.4, 0.5) is 13.2 Å². The number of halogens is 3. The van der Waals surface area contributed by atoms with Crippen LogP contribution in [0.1, 0.15) is 135 Å². The van der Waals surface area contributed by atoms with E-state index in [1.54, 1.807) is 0 Å². The van der Waals surface area contributed by atoms with Crippen molar-refractivity contribution in [3.63, 3.8) is 0 Å². The first-order valence-electron chi connectivity index (χ1n) is 16.9. The number of rotatable bonds is 12. The van der Waals surface area contributed by atoms with Crippen LogP contribution in [0.25, 0.3) is 0 Å². The topological polar surface area (TPSA) is 12.5 Å². The molecule has 0 aliphatic heterocycles. The molecule has 5 heteroatoms. The Labute approximate surface area is 237 Å². The molecule has 4 aliphatic carbocycles. The van der Waals surface area contributed by atoms with Gasteiger partial charge in [0, 0.05) is 12.5 Å². The largest absolute Gasteiger partial charge is 0.499 e. The molecule has 4 fully saturated rings. The van der Waals surface area contributed by atoms with Crippen molar-refractivity contribution >= 4 is 0 Å². The zero-order chi connectivity index (χ0) is 27.7. The van der Waals surface area contributed by atoms with E-state index in [9.17, 15) is 13.2 Å². The predicted molar refractivity (Wildman–Crippen MR) is 155 cm³/mol. The third-order valence-corrected chi connectivity index (χ3v) is 11.2. The van der Waals surface area contributed by atoms with Gasteiger partial charge in [-0.3, -0.25) is 0 Å². The van der Waals surface area contributed by atoms with Gasteiger partial charge in [0.25, 0.3) is 0 Å². The van der Waals surface area contributed by atoms with E-state index in [-0.39, 0.29) is 0 Å².